The van der Waals surface area contributed by atoms with Gasteiger partial charge in [-0.05, 0) is 36.8 Å². The minimum Gasteiger partial charge on any atom is -0.469 e. The fourth-order valence-electron chi connectivity index (χ4n) is 4.06. The molecular formula is C20H30IN3O3. The maximum Gasteiger partial charge on any atom is 0.310 e. The third-order valence-electron chi connectivity index (χ3n) is 5.57. The zero-order valence-electron chi connectivity index (χ0n) is 16.3. The van der Waals surface area contributed by atoms with Crippen molar-refractivity contribution in [3.05, 3.63) is 35.4 Å². The Morgan fingerprint density at radius 2 is 2.15 bits per heavy atom. The third-order valence-corrected chi connectivity index (χ3v) is 5.57. The summed E-state index contributed by atoms with van der Waals surface area (Å²) in [5, 5.41) is 14.4. The molecule has 27 heavy (non-hydrogen) atoms. The molecule has 3 unspecified atom stereocenters. The molecule has 1 aromatic carbocycles. The predicted octanol–water partition coefficient (Wildman–Crippen LogP) is 2.14. The molecule has 2 N–H and O–H groups in total. The Labute approximate surface area is 178 Å². The predicted molar refractivity (Wildman–Crippen MR) is 116 cm³/mol. The summed E-state index contributed by atoms with van der Waals surface area (Å²) in [4.78, 5) is 18.8. The van der Waals surface area contributed by atoms with Crippen molar-refractivity contribution in [2.24, 2.45) is 16.8 Å². The number of likely N-dealkylation sites (tertiary alicyclic amines) is 1. The van der Waals surface area contributed by atoms with E-state index in [-0.39, 0.29) is 41.8 Å². The number of aryl methyl sites for hydroxylation is 1. The number of benzene rings is 1. The van der Waals surface area contributed by atoms with Crippen molar-refractivity contribution in [3.8, 4) is 0 Å². The van der Waals surface area contributed by atoms with Crippen LogP contribution >= 0.6 is 24.0 Å². The first-order valence-corrected chi connectivity index (χ1v) is 9.40. The van der Waals surface area contributed by atoms with Crippen LogP contribution in [0.5, 0.6) is 0 Å². The second-order valence-corrected chi connectivity index (χ2v) is 7.37. The molecule has 1 heterocycles. The molecule has 6 nitrogen and oxygen atoms in total. The molecule has 0 amide bonds. The van der Waals surface area contributed by atoms with Crippen LogP contribution in [0.1, 0.15) is 31.4 Å². The van der Waals surface area contributed by atoms with Crippen LogP contribution in [0, 0.1) is 11.8 Å². The van der Waals surface area contributed by atoms with Crippen LogP contribution < -0.4 is 5.32 Å². The molecule has 1 fully saturated rings. The van der Waals surface area contributed by atoms with E-state index >= 15 is 0 Å². The number of guanidine groups is 1. The van der Waals surface area contributed by atoms with Gasteiger partial charge in [-0.2, -0.15) is 0 Å². The SMILES string of the molecule is CCNC(=NCC1(O)CCc2ccccc21)N1CC(C)C(C(=O)OC)C1.I. The Morgan fingerprint density at radius 3 is 2.85 bits per heavy atom. The van der Waals surface area contributed by atoms with Crippen LogP contribution in [0.3, 0.4) is 0 Å². The number of nitrogens with one attached hydrogen (secondary N) is 1. The molecule has 0 saturated carbocycles. The molecule has 150 valence electrons. The number of carbonyl (C=O) groups is 1. The molecule has 1 aromatic rings. The number of halogens is 1. The number of nitrogens with zero attached hydrogens (tertiary/aromatic N) is 2. The Bertz CT molecular complexity index is 697. The zero-order chi connectivity index (χ0) is 18.7. The van der Waals surface area contributed by atoms with Crippen molar-refractivity contribution >= 4 is 35.9 Å². The number of rotatable bonds is 4. The largest absolute Gasteiger partial charge is 0.469 e. The Hall–Kier alpha value is -1.35. The van der Waals surface area contributed by atoms with E-state index in [1.807, 2.05) is 25.1 Å². The van der Waals surface area contributed by atoms with Crippen molar-refractivity contribution in [1.29, 1.82) is 0 Å². The highest BCUT2D eigenvalue weighted by molar-refractivity contribution is 14.0. The number of hydrogen-bond donors (Lipinski definition) is 2. The van der Waals surface area contributed by atoms with Crippen molar-refractivity contribution in [3.63, 3.8) is 0 Å². The van der Waals surface area contributed by atoms with Gasteiger partial charge in [-0.3, -0.25) is 4.79 Å². The lowest BCUT2D eigenvalue weighted by atomic mass is 9.96. The van der Waals surface area contributed by atoms with Gasteiger partial charge >= 0.3 is 5.97 Å². The van der Waals surface area contributed by atoms with Gasteiger partial charge in [-0.1, -0.05) is 31.2 Å². The van der Waals surface area contributed by atoms with Crippen molar-refractivity contribution < 1.29 is 14.6 Å². The van der Waals surface area contributed by atoms with Crippen LogP contribution in [-0.2, 0) is 21.6 Å². The molecule has 3 rings (SSSR count). The van der Waals surface area contributed by atoms with Gasteiger partial charge in [-0.15, -0.1) is 24.0 Å². The van der Waals surface area contributed by atoms with Gasteiger partial charge in [0.1, 0.15) is 5.60 Å². The number of methoxy groups -OCH3 is 1. The van der Waals surface area contributed by atoms with E-state index in [4.69, 9.17) is 9.73 Å². The molecule has 0 bridgehead atoms. The summed E-state index contributed by atoms with van der Waals surface area (Å²) < 4.78 is 4.92. The summed E-state index contributed by atoms with van der Waals surface area (Å²) in [7, 11) is 1.43. The first kappa shape index (κ1) is 21.9. The van der Waals surface area contributed by atoms with E-state index < -0.39 is 5.60 Å². The highest BCUT2D eigenvalue weighted by atomic mass is 127. The average molecular weight is 487 g/mol. The van der Waals surface area contributed by atoms with Crippen LogP contribution in [0.25, 0.3) is 0 Å². The molecule has 1 saturated heterocycles. The molecule has 0 aromatic heterocycles. The topological polar surface area (TPSA) is 74.2 Å². The standard InChI is InChI=1S/C20H29N3O3.HI/c1-4-21-19(23-11-14(2)16(12-23)18(24)26-3)22-13-20(25)10-9-15-7-5-6-8-17(15)20;/h5-8,14,16,25H,4,9-13H2,1-3H3,(H,21,22);1H. The van der Waals surface area contributed by atoms with Crippen LogP contribution in [-0.4, -0.2) is 55.2 Å². The summed E-state index contributed by atoms with van der Waals surface area (Å²) in [6.07, 6.45) is 1.57. The van der Waals surface area contributed by atoms with Crippen LogP contribution in [0.2, 0.25) is 0 Å². The molecule has 1 aliphatic carbocycles. The number of esters is 1. The maximum atomic E-state index is 12.0. The van der Waals surface area contributed by atoms with Gasteiger partial charge in [-0.25, -0.2) is 4.99 Å². The monoisotopic (exact) mass is 487 g/mol. The Balaban J connectivity index is 0.00000261. The number of aliphatic imine (C=N–C) groups is 1. The normalized spacial score (nSPS) is 27.1. The number of aliphatic hydroxyl groups is 1. The van der Waals surface area contributed by atoms with Gasteiger partial charge in [0, 0.05) is 19.6 Å². The highest BCUT2D eigenvalue weighted by Gasteiger charge is 2.39. The van der Waals surface area contributed by atoms with Gasteiger partial charge in [0.25, 0.3) is 0 Å². The maximum absolute atomic E-state index is 12.0. The van der Waals surface area contributed by atoms with E-state index in [2.05, 4.69) is 23.2 Å². The van der Waals surface area contributed by atoms with Gasteiger partial charge in [0.05, 0.1) is 19.6 Å². The van der Waals surface area contributed by atoms with Crippen molar-refractivity contribution in [1.82, 2.24) is 10.2 Å². The average Bonchev–Trinajstić information content (AvgIpc) is 3.19. The molecule has 7 heteroatoms. The number of ether oxygens (including phenoxy) is 1. The summed E-state index contributed by atoms with van der Waals surface area (Å²) in [5.41, 5.74) is 1.28. The lowest BCUT2D eigenvalue weighted by molar-refractivity contribution is -0.145. The van der Waals surface area contributed by atoms with E-state index in [0.717, 1.165) is 31.0 Å². The van der Waals surface area contributed by atoms with Crippen molar-refractivity contribution in [2.45, 2.75) is 32.3 Å². The molecule has 3 atom stereocenters. The Kier molecular flexibility index (Phi) is 7.50. The zero-order valence-corrected chi connectivity index (χ0v) is 18.6. The second kappa shape index (κ2) is 9.23. The Morgan fingerprint density at radius 1 is 1.41 bits per heavy atom. The van der Waals surface area contributed by atoms with Crippen LogP contribution in [0.4, 0.5) is 0 Å². The summed E-state index contributed by atoms with van der Waals surface area (Å²) in [6.45, 7) is 6.48. The fraction of sp³-hybridized carbons (Fsp3) is 0.600. The fourth-order valence-corrected chi connectivity index (χ4v) is 4.06. The van der Waals surface area contributed by atoms with Crippen molar-refractivity contribution in [2.75, 3.05) is 33.3 Å². The number of hydrogen-bond acceptors (Lipinski definition) is 4. The quantitative estimate of drug-likeness (QED) is 0.295. The van der Waals surface area contributed by atoms with E-state index in [9.17, 15) is 9.90 Å². The second-order valence-electron chi connectivity index (χ2n) is 7.37. The summed E-state index contributed by atoms with van der Waals surface area (Å²) >= 11 is 0. The number of fused-ring (bicyclic) bond motifs is 1. The highest BCUT2D eigenvalue weighted by Crippen LogP contribution is 2.37. The third kappa shape index (κ3) is 4.56. The summed E-state index contributed by atoms with van der Waals surface area (Å²) in [6, 6.07) is 8.05. The lowest BCUT2D eigenvalue weighted by Crippen LogP contribution is -2.41. The van der Waals surface area contributed by atoms with E-state index in [0.29, 0.717) is 19.5 Å². The minimum absolute atomic E-state index is 0. The van der Waals surface area contributed by atoms with Gasteiger partial charge in [0.15, 0.2) is 5.96 Å². The van der Waals surface area contributed by atoms with Crippen LogP contribution in [0.15, 0.2) is 29.3 Å². The molecule has 0 spiro atoms. The first-order valence-electron chi connectivity index (χ1n) is 9.40. The molecular weight excluding hydrogens is 457 g/mol. The summed E-state index contributed by atoms with van der Waals surface area (Å²) in [5.74, 6) is 0.656. The van der Waals surface area contributed by atoms with Gasteiger partial charge < -0.3 is 20.1 Å². The molecule has 1 aliphatic heterocycles. The van der Waals surface area contributed by atoms with E-state index in [1.54, 1.807) is 0 Å². The number of carbonyl (C=O) groups excluding carboxylic acids is 1. The molecule has 2 aliphatic rings. The first-order chi connectivity index (χ1) is 12.5. The van der Waals surface area contributed by atoms with Gasteiger partial charge in [0.2, 0.25) is 0 Å². The molecule has 0 radical (unpaired) electrons. The smallest absolute Gasteiger partial charge is 0.310 e. The minimum atomic E-state index is -0.912. The van der Waals surface area contributed by atoms with E-state index in [1.165, 1.54) is 12.7 Å². The lowest BCUT2D eigenvalue weighted by Gasteiger charge is -2.25.